The predicted octanol–water partition coefficient (Wildman–Crippen LogP) is 4.27. The highest BCUT2D eigenvalue weighted by Crippen LogP contribution is 2.34. The van der Waals surface area contributed by atoms with Crippen LogP contribution in [-0.2, 0) is 6.42 Å². The van der Waals surface area contributed by atoms with Gasteiger partial charge in [-0.15, -0.1) is 11.3 Å². The molecule has 1 aromatic carbocycles. The monoisotopic (exact) mass is 335 g/mol. The average Bonchev–Trinajstić information content (AvgIpc) is 2.88. The Kier molecular flexibility index (Phi) is 3.46. The quantitative estimate of drug-likeness (QED) is 0.762. The molecular formula is C15H14BrNOS. The van der Waals surface area contributed by atoms with E-state index in [4.69, 9.17) is 0 Å². The Labute approximate surface area is 125 Å². The number of nitrogens with zero attached hydrogens (tertiary/aromatic N) is 1. The smallest absolute Gasteiger partial charge is 0.255 e. The first kappa shape index (κ1) is 12.9. The second-order valence-corrected chi connectivity index (χ2v) is 6.56. The molecule has 0 bridgehead atoms. The van der Waals surface area contributed by atoms with Gasteiger partial charge in [0, 0.05) is 15.9 Å². The molecule has 1 aliphatic heterocycles. The van der Waals surface area contributed by atoms with Crippen molar-refractivity contribution < 1.29 is 4.79 Å². The first-order valence-electron chi connectivity index (χ1n) is 6.30. The Balaban J connectivity index is 1.92. The Morgan fingerprint density at radius 2 is 2.16 bits per heavy atom. The molecule has 2 heterocycles. The summed E-state index contributed by atoms with van der Waals surface area (Å²) in [4.78, 5) is 16.0. The lowest BCUT2D eigenvalue weighted by molar-refractivity contribution is 0.0678. The van der Waals surface area contributed by atoms with Gasteiger partial charge in [-0.25, -0.2) is 0 Å². The molecule has 1 aliphatic rings. The van der Waals surface area contributed by atoms with Crippen LogP contribution in [0.4, 0.5) is 0 Å². The fraction of sp³-hybridized carbons (Fsp3) is 0.267. The molecule has 0 fully saturated rings. The van der Waals surface area contributed by atoms with E-state index >= 15 is 0 Å². The van der Waals surface area contributed by atoms with Gasteiger partial charge < -0.3 is 4.90 Å². The lowest BCUT2D eigenvalue weighted by Crippen LogP contribution is -2.38. The number of amides is 1. The maximum atomic E-state index is 12.7. The van der Waals surface area contributed by atoms with Crippen LogP contribution in [0.25, 0.3) is 0 Å². The lowest BCUT2D eigenvalue weighted by Gasteiger charge is -2.34. The van der Waals surface area contributed by atoms with Gasteiger partial charge in [-0.3, -0.25) is 4.79 Å². The van der Waals surface area contributed by atoms with Crippen LogP contribution in [0.15, 0.2) is 40.2 Å². The minimum Gasteiger partial charge on any atom is -0.331 e. The van der Waals surface area contributed by atoms with Crippen molar-refractivity contribution >= 4 is 33.2 Å². The molecular weight excluding hydrogens is 322 g/mol. The van der Waals surface area contributed by atoms with Gasteiger partial charge in [-0.05, 0) is 58.4 Å². The fourth-order valence-corrected chi connectivity index (χ4v) is 3.99. The highest BCUT2D eigenvalue weighted by atomic mass is 79.9. The van der Waals surface area contributed by atoms with E-state index in [9.17, 15) is 4.79 Å². The maximum absolute atomic E-state index is 12.7. The van der Waals surface area contributed by atoms with Crippen molar-refractivity contribution in [1.29, 1.82) is 0 Å². The van der Waals surface area contributed by atoms with E-state index in [0.717, 1.165) is 23.0 Å². The van der Waals surface area contributed by atoms with Crippen LogP contribution in [0, 0.1) is 0 Å². The summed E-state index contributed by atoms with van der Waals surface area (Å²) in [6.45, 7) is 2.91. The standard InChI is InChI=1S/C15H14BrNOS/c1-10-11-7-9-19-14(11)6-8-17(10)15(18)12-4-2-3-5-13(12)16/h2-5,7,9-10H,6,8H2,1H3. The van der Waals surface area contributed by atoms with Crippen LogP contribution in [0.5, 0.6) is 0 Å². The molecule has 4 heteroatoms. The molecule has 0 aliphatic carbocycles. The zero-order chi connectivity index (χ0) is 13.4. The van der Waals surface area contributed by atoms with E-state index in [0.29, 0.717) is 0 Å². The molecule has 1 unspecified atom stereocenters. The highest BCUT2D eigenvalue weighted by molar-refractivity contribution is 9.10. The third-order valence-corrected chi connectivity index (χ3v) is 5.33. The van der Waals surface area contributed by atoms with Crippen LogP contribution in [0.1, 0.15) is 33.8 Å². The molecule has 0 saturated heterocycles. The molecule has 0 N–H and O–H groups in total. The number of fused-ring (bicyclic) bond motifs is 1. The van der Waals surface area contributed by atoms with Gasteiger partial charge in [0.05, 0.1) is 11.6 Å². The van der Waals surface area contributed by atoms with E-state index in [-0.39, 0.29) is 11.9 Å². The summed E-state index contributed by atoms with van der Waals surface area (Å²) in [6.07, 6.45) is 0.966. The van der Waals surface area contributed by atoms with Gasteiger partial charge in [-0.2, -0.15) is 0 Å². The Hall–Kier alpha value is -1.13. The molecule has 98 valence electrons. The zero-order valence-corrected chi connectivity index (χ0v) is 13.0. The normalized spacial score (nSPS) is 18.2. The number of carbonyl (C=O) groups is 1. The Morgan fingerprint density at radius 1 is 1.37 bits per heavy atom. The summed E-state index contributed by atoms with van der Waals surface area (Å²) in [5.74, 6) is 0.108. The van der Waals surface area contributed by atoms with E-state index in [2.05, 4.69) is 34.3 Å². The van der Waals surface area contributed by atoms with Gasteiger partial charge in [0.1, 0.15) is 0 Å². The Morgan fingerprint density at radius 3 is 2.95 bits per heavy atom. The second-order valence-electron chi connectivity index (χ2n) is 4.70. The zero-order valence-electron chi connectivity index (χ0n) is 10.6. The third kappa shape index (κ3) is 2.23. The van der Waals surface area contributed by atoms with Crippen LogP contribution in [0.3, 0.4) is 0 Å². The van der Waals surface area contributed by atoms with Crippen LogP contribution in [-0.4, -0.2) is 17.4 Å². The maximum Gasteiger partial charge on any atom is 0.255 e. The molecule has 0 radical (unpaired) electrons. The first-order chi connectivity index (χ1) is 9.18. The minimum absolute atomic E-state index is 0.108. The summed E-state index contributed by atoms with van der Waals surface area (Å²) in [5, 5.41) is 2.12. The van der Waals surface area contributed by atoms with Crippen molar-refractivity contribution in [2.24, 2.45) is 0 Å². The number of thiophene rings is 1. The van der Waals surface area contributed by atoms with Crippen molar-refractivity contribution in [3.63, 3.8) is 0 Å². The number of halogens is 1. The fourth-order valence-electron chi connectivity index (χ4n) is 2.58. The third-order valence-electron chi connectivity index (χ3n) is 3.64. The summed E-state index contributed by atoms with van der Waals surface area (Å²) >= 11 is 5.26. The van der Waals surface area contributed by atoms with E-state index < -0.39 is 0 Å². The van der Waals surface area contributed by atoms with Gasteiger partial charge >= 0.3 is 0 Å². The van der Waals surface area contributed by atoms with Crippen molar-refractivity contribution in [2.45, 2.75) is 19.4 Å². The van der Waals surface area contributed by atoms with Crippen LogP contribution < -0.4 is 0 Å². The van der Waals surface area contributed by atoms with Gasteiger partial charge in [0.25, 0.3) is 5.91 Å². The predicted molar refractivity (Wildman–Crippen MR) is 81.6 cm³/mol. The summed E-state index contributed by atoms with van der Waals surface area (Å²) < 4.78 is 0.864. The highest BCUT2D eigenvalue weighted by Gasteiger charge is 2.29. The van der Waals surface area contributed by atoms with E-state index in [1.807, 2.05) is 29.2 Å². The minimum atomic E-state index is 0.108. The SMILES string of the molecule is CC1c2ccsc2CCN1C(=O)c1ccccc1Br. The molecule has 2 aromatic rings. The van der Waals surface area contributed by atoms with Crippen molar-refractivity contribution in [3.8, 4) is 0 Å². The number of benzene rings is 1. The molecule has 0 spiro atoms. The number of hydrogen-bond donors (Lipinski definition) is 0. The number of rotatable bonds is 1. The number of carbonyl (C=O) groups excluding carboxylic acids is 1. The molecule has 0 saturated carbocycles. The molecule has 1 amide bonds. The van der Waals surface area contributed by atoms with Crippen molar-refractivity contribution in [1.82, 2.24) is 4.90 Å². The summed E-state index contributed by atoms with van der Waals surface area (Å²) in [6, 6.07) is 9.93. The van der Waals surface area contributed by atoms with Crippen LogP contribution >= 0.6 is 27.3 Å². The molecule has 19 heavy (non-hydrogen) atoms. The average molecular weight is 336 g/mol. The second kappa shape index (κ2) is 5.10. The topological polar surface area (TPSA) is 20.3 Å². The first-order valence-corrected chi connectivity index (χ1v) is 7.97. The summed E-state index contributed by atoms with van der Waals surface area (Å²) in [7, 11) is 0. The molecule has 1 aromatic heterocycles. The summed E-state index contributed by atoms with van der Waals surface area (Å²) in [5.41, 5.74) is 2.05. The van der Waals surface area contributed by atoms with Crippen LogP contribution in [0.2, 0.25) is 0 Å². The van der Waals surface area contributed by atoms with E-state index in [1.54, 1.807) is 11.3 Å². The molecule has 1 atom stereocenters. The molecule has 3 rings (SSSR count). The van der Waals surface area contributed by atoms with Gasteiger partial charge in [0.2, 0.25) is 0 Å². The number of hydrogen-bond acceptors (Lipinski definition) is 2. The largest absolute Gasteiger partial charge is 0.331 e. The Bertz CT molecular complexity index is 622. The van der Waals surface area contributed by atoms with E-state index in [1.165, 1.54) is 10.4 Å². The van der Waals surface area contributed by atoms with Gasteiger partial charge in [-0.1, -0.05) is 12.1 Å². The lowest BCUT2D eigenvalue weighted by atomic mass is 10.0. The van der Waals surface area contributed by atoms with Crippen molar-refractivity contribution in [2.75, 3.05) is 6.54 Å². The van der Waals surface area contributed by atoms with Gasteiger partial charge in [0.15, 0.2) is 0 Å². The molecule has 2 nitrogen and oxygen atoms in total. The van der Waals surface area contributed by atoms with Crippen molar-refractivity contribution in [3.05, 3.63) is 56.2 Å².